The number of fused-ring (bicyclic) bond motifs is 2. The lowest BCUT2D eigenvalue weighted by atomic mass is 10.0. The Morgan fingerprint density at radius 1 is 0.865 bits per heavy atom. The smallest absolute Gasteiger partial charge is 0.243 e. The lowest BCUT2D eigenvalue weighted by Crippen LogP contribution is -2.47. The zero-order valence-electron chi connectivity index (χ0n) is 20.6. The zero-order chi connectivity index (χ0) is 25.6. The fourth-order valence-corrected chi connectivity index (χ4v) is 6.39. The van der Waals surface area contributed by atoms with E-state index in [0.29, 0.717) is 65.2 Å². The van der Waals surface area contributed by atoms with Crippen molar-refractivity contribution in [3.63, 3.8) is 0 Å². The van der Waals surface area contributed by atoms with Crippen LogP contribution in [-0.4, -0.2) is 67.8 Å². The Morgan fingerprint density at radius 3 is 2.43 bits per heavy atom. The molecule has 1 aromatic heterocycles. The van der Waals surface area contributed by atoms with E-state index in [0.717, 1.165) is 16.5 Å². The van der Waals surface area contributed by atoms with Crippen LogP contribution in [0.5, 0.6) is 11.5 Å². The van der Waals surface area contributed by atoms with Crippen molar-refractivity contribution in [3.8, 4) is 22.8 Å². The number of aryl methyl sites for hydroxylation is 1. The standard InChI is InChI=1S/C27H27N5O4S/c1-18-7-8-19(15-25(18)37(33,34)32-13-11-31(2)12-14-32)26-21-5-3-4-6-22(21)27(30-29-26)28-20-9-10-23-24(16-20)36-17-35-23/h3-10,15-16H,11-14,17H2,1-2H3,(H,28,30). The summed E-state index contributed by atoms with van der Waals surface area (Å²) in [6, 6.07) is 18.9. The summed E-state index contributed by atoms with van der Waals surface area (Å²) in [5.41, 5.74) is 2.84. The molecule has 3 aromatic carbocycles. The van der Waals surface area contributed by atoms with Crippen LogP contribution in [0.15, 0.2) is 65.6 Å². The average molecular weight is 518 g/mol. The Kier molecular flexibility index (Phi) is 5.94. The van der Waals surface area contributed by atoms with Crippen LogP contribution >= 0.6 is 0 Å². The Balaban J connectivity index is 1.38. The zero-order valence-corrected chi connectivity index (χ0v) is 21.5. The molecule has 0 saturated carbocycles. The third-order valence-electron chi connectivity index (χ3n) is 6.86. The quantitative estimate of drug-likeness (QED) is 0.424. The van der Waals surface area contributed by atoms with E-state index in [4.69, 9.17) is 9.47 Å². The van der Waals surface area contributed by atoms with Crippen LogP contribution in [0.1, 0.15) is 5.56 Å². The molecular formula is C27H27N5O4S. The lowest BCUT2D eigenvalue weighted by Gasteiger charge is -2.32. The number of nitrogens with zero attached hydrogens (tertiary/aromatic N) is 4. The number of hydrogen-bond donors (Lipinski definition) is 1. The van der Waals surface area contributed by atoms with Gasteiger partial charge in [0.15, 0.2) is 17.3 Å². The molecule has 190 valence electrons. The maximum Gasteiger partial charge on any atom is 0.243 e. The topological polar surface area (TPSA) is 96.9 Å². The SMILES string of the molecule is Cc1ccc(-c2nnc(Nc3ccc4c(c3)OCO4)c3ccccc23)cc1S(=O)(=O)N1CCN(C)CC1. The highest BCUT2D eigenvalue weighted by Crippen LogP contribution is 2.37. The first kappa shape index (κ1) is 23.7. The minimum Gasteiger partial charge on any atom is -0.454 e. The van der Waals surface area contributed by atoms with Gasteiger partial charge in [-0.3, -0.25) is 0 Å². The van der Waals surface area contributed by atoms with Crippen molar-refractivity contribution in [2.75, 3.05) is 45.3 Å². The summed E-state index contributed by atoms with van der Waals surface area (Å²) in [7, 11) is -1.63. The molecule has 2 aliphatic rings. The van der Waals surface area contributed by atoms with E-state index in [2.05, 4.69) is 20.4 Å². The number of piperazine rings is 1. The monoisotopic (exact) mass is 517 g/mol. The third kappa shape index (κ3) is 4.37. The number of aromatic nitrogens is 2. The van der Waals surface area contributed by atoms with Crippen LogP contribution in [0.3, 0.4) is 0 Å². The van der Waals surface area contributed by atoms with Gasteiger partial charge in [0, 0.05) is 54.3 Å². The number of hydrogen-bond acceptors (Lipinski definition) is 8. The lowest BCUT2D eigenvalue weighted by molar-refractivity contribution is 0.174. The third-order valence-corrected chi connectivity index (χ3v) is 8.90. The number of benzene rings is 3. The Labute approximate surface area is 215 Å². The second-order valence-corrected chi connectivity index (χ2v) is 11.2. The van der Waals surface area contributed by atoms with Gasteiger partial charge in [-0.1, -0.05) is 36.4 Å². The fourth-order valence-electron chi connectivity index (χ4n) is 4.71. The van der Waals surface area contributed by atoms with Gasteiger partial charge in [-0.2, -0.15) is 4.31 Å². The van der Waals surface area contributed by atoms with Gasteiger partial charge in [-0.25, -0.2) is 8.42 Å². The summed E-state index contributed by atoms with van der Waals surface area (Å²) >= 11 is 0. The molecule has 3 heterocycles. The van der Waals surface area contributed by atoms with Crippen LogP contribution in [0.25, 0.3) is 22.0 Å². The summed E-state index contributed by atoms with van der Waals surface area (Å²) in [6.45, 7) is 4.42. The summed E-state index contributed by atoms with van der Waals surface area (Å²) in [4.78, 5) is 2.44. The molecule has 0 unspecified atom stereocenters. The fraction of sp³-hybridized carbons (Fsp3) is 0.259. The second kappa shape index (κ2) is 9.29. The highest BCUT2D eigenvalue weighted by atomic mass is 32.2. The molecule has 37 heavy (non-hydrogen) atoms. The van der Waals surface area contributed by atoms with Crippen LogP contribution < -0.4 is 14.8 Å². The number of rotatable bonds is 5. The van der Waals surface area contributed by atoms with Gasteiger partial charge in [0.1, 0.15) is 5.69 Å². The van der Waals surface area contributed by atoms with Crippen molar-refractivity contribution in [2.45, 2.75) is 11.8 Å². The molecule has 9 nitrogen and oxygen atoms in total. The second-order valence-electron chi connectivity index (χ2n) is 9.32. The summed E-state index contributed by atoms with van der Waals surface area (Å²) in [5.74, 6) is 1.97. The van der Waals surface area contributed by atoms with Gasteiger partial charge in [0.25, 0.3) is 0 Å². The number of nitrogens with one attached hydrogen (secondary N) is 1. The molecule has 10 heteroatoms. The molecule has 0 radical (unpaired) electrons. The molecule has 0 bridgehead atoms. The number of anilines is 2. The molecule has 1 N–H and O–H groups in total. The van der Waals surface area contributed by atoms with Crippen LogP contribution in [0, 0.1) is 6.92 Å². The molecule has 1 fully saturated rings. The van der Waals surface area contributed by atoms with Crippen molar-refractivity contribution in [3.05, 3.63) is 66.2 Å². The van der Waals surface area contributed by atoms with E-state index in [-0.39, 0.29) is 6.79 Å². The van der Waals surface area contributed by atoms with E-state index in [1.54, 1.807) is 10.4 Å². The molecule has 0 atom stereocenters. The van der Waals surface area contributed by atoms with E-state index >= 15 is 0 Å². The number of likely N-dealkylation sites (N-methyl/N-ethyl adjacent to an activating group) is 1. The van der Waals surface area contributed by atoms with Gasteiger partial charge in [-0.15, -0.1) is 10.2 Å². The molecule has 1 saturated heterocycles. The molecule has 0 spiro atoms. The number of sulfonamides is 1. The minimum atomic E-state index is -3.63. The van der Waals surface area contributed by atoms with Gasteiger partial charge in [0.05, 0.1) is 4.90 Å². The van der Waals surface area contributed by atoms with E-state index in [1.165, 1.54) is 0 Å². The van der Waals surface area contributed by atoms with Gasteiger partial charge >= 0.3 is 0 Å². The first-order valence-corrected chi connectivity index (χ1v) is 13.6. The summed E-state index contributed by atoms with van der Waals surface area (Å²) in [5, 5.41) is 14.1. The maximum absolute atomic E-state index is 13.5. The van der Waals surface area contributed by atoms with Gasteiger partial charge in [-0.05, 0) is 37.7 Å². The van der Waals surface area contributed by atoms with E-state index in [1.807, 2.05) is 68.6 Å². The van der Waals surface area contributed by atoms with Crippen molar-refractivity contribution >= 4 is 32.3 Å². The summed E-state index contributed by atoms with van der Waals surface area (Å²) in [6.07, 6.45) is 0. The Bertz CT molecular complexity index is 1600. The van der Waals surface area contributed by atoms with Gasteiger partial charge in [0.2, 0.25) is 16.8 Å². The largest absolute Gasteiger partial charge is 0.454 e. The van der Waals surface area contributed by atoms with Gasteiger partial charge < -0.3 is 19.7 Å². The molecule has 0 amide bonds. The average Bonchev–Trinajstić information content (AvgIpc) is 3.37. The molecule has 2 aliphatic heterocycles. The van der Waals surface area contributed by atoms with Crippen LogP contribution in [-0.2, 0) is 10.0 Å². The minimum absolute atomic E-state index is 0.208. The van der Waals surface area contributed by atoms with Crippen LogP contribution in [0.2, 0.25) is 0 Å². The molecule has 6 rings (SSSR count). The summed E-state index contributed by atoms with van der Waals surface area (Å²) < 4.78 is 39.5. The Hall–Kier alpha value is -3.73. The van der Waals surface area contributed by atoms with Crippen molar-refractivity contribution in [2.24, 2.45) is 0 Å². The van der Waals surface area contributed by atoms with Crippen molar-refractivity contribution in [1.82, 2.24) is 19.4 Å². The number of ether oxygens (including phenoxy) is 2. The van der Waals surface area contributed by atoms with E-state index < -0.39 is 10.0 Å². The highest BCUT2D eigenvalue weighted by molar-refractivity contribution is 7.89. The van der Waals surface area contributed by atoms with E-state index in [9.17, 15) is 8.42 Å². The molecule has 0 aliphatic carbocycles. The first-order chi connectivity index (χ1) is 17.9. The first-order valence-electron chi connectivity index (χ1n) is 12.1. The predicted molar refractivity (Wildman–Crippen MR) is 142 cm³/mol. The van der Waals surface area contributed by atoms with Crippen molar-refractivity contribution in [1.29, 1.82) is 0 Å². The molecular weight excluding hydrogens is 490 g/mol. The Morgan fingerprint density at radius 2 is 1.62 bits per heavy atom. The normalized spacial score (nSPS) is 16.3. The van der Waals surface area contributed by atoms with Crippen LogP contribution in [0.4, 0.5) is 11.5 Å². The van der Waals surface area contributed by atoms with Crippen molar-refractivity contribution < 1.29 is 17.9 Å². The maximum atomic E-state index is 13.5. The molecule has 4 aromatic rings. The predicted octanol–water partition coefficient (Wildman–Crippen LogP) is 4.01. The highest BCUT2D eigenvalue weighted by Gasteiger charge is 2.29.